The van der Waals surface area contributed by atoms with Gasteiger partial charge in [-0.3, -0.25) is 4.79 Å². The van der Waals surface area contributed by atoms with E-state index in [1.54, 1.807) is 0 Å². The molecule has 0 unspecified atom stereocenters. The maximum absolute atomic E-state index is 12.2. The summed E-state index contributed by atoms with van der Waals surface area (Å²) in [7, 11) is 0. The first-order valence-corrected chi connectivity index (χ1v) is 6.98. The number of nitrogens with one attached hydrogen (secondary N) is 2. The molecular weight excluding hydrogens is 250 g/mol. The molecular formula is C16H19N3O. The molecule has 2 heterocycles. The van der Waals surface area contributed by atoms with Gasteiger partial charge in [-0.2, -0.15) is 0 Å². The highest BCUT2D eigenvalue weighted by atomic mass is 16.1. The molecule has 1 aromatic carbocycles. The van der Waals surface area contributed by atoms with Crippen molar-refractivity contribution in [1.29, 1.82) is 0 Å². The lowest BCUT2D eigenvalue weighted by molar-refractivity contribution is 0.555. The Balaban J connectivity index is 2.11. The summed E-state index contributed by atoms with van der Waals surface area (Å²) in [6, 6.07) is 10.1. The van der Waals surface area contributed by atoms with Crippen LogP contribution in [0.5, 0.6) is 0 Å². The van der Waals surface area contributed by atoms with E-state index in [1.807, 2.05) is 18.2 Å². The highest BCUT2D eigenvalue weighted by Crippen LogP contribution is 2.28. The monoisotopic (exact) mass is 269 g/mol. The summed E-state index contributed by atoms with van der Waals surface area (Å²) < 4.78 is 0. The quantitative estimate of drug-likeness (QED) is 0.873. The molecule has 2 aromatic rings. The van der Waals surface area contributed by atoms with Crippen molar-refractivity contribution in [2.75, 3.05) is 6.54 Å². The van der Waals surface area contributed by atoms with Gasteiger partial charge in [0, 0.05) is 17.5 Å². The normalized spacial score (nSPS) is 14.9. The van der Waals surface area contributed by atoms with Crippen molar-refractivity contribution >= 4 is 0 Å². The maximum atomic E-state index is 12.2. The van der Waals surface area contributed by atoms with Gasteiger partial charge in [-0.1, -0.05) is 30.3 Å². The molecule has 104 valence electrons. The molecule has 0 aliphatic carbocycles. The highest BCUT2D eigenvalue weighted by Gasteiger charge is 2.27. The minimum Gasteiger partial charge on any atom is -0.311 e. The van der Waals surface area contributed by atoms with E-state index in [2.05, 4.69) is 36.3 Å². The standard InChI is InChI=1S/C16H19N3O/c1-16(2,11-6-4-3-5-7-11)15-18-13-10-17-9-8-12(13)14(20)19-15/h3-7,17H,8-10H2,1-2H3,(H,18,19,20). The smallest absolute Gasteiger partial charge is 0.254 e. The minimum atomic E-state index is -0.313. The third-order valence-electron chi connectivity index (χ3n) is 4.03. The zero-order valence-corrected chi connectivity index (χ0v) is 11.9. The molecule has 3 rings (SSSR count). The number of fused-ring (bicyclic) bond motifs is 1. The maximum Gasteiger partial charge on any atom is 0.254 e. The summed E-state index contributed by atoms with van der Waals surface area (Å²) in [5.74, 6) is 0.733. The molecule has 0 saturated carbocycles. The van der Waals surface area contributed by atoms with E-state index in [0.717, 1.165) is 35.6 Å². The summed E-state index contributed by atoms with van der Waals surface area (Å²) in [6.45, 7) is 5.70. The second kappa shape index (κ2) is 4.87. The molecule has 0 spiro atoms. The molecule has 1 aliphatic heterocycles. The van der Waals surface area contributed by atoms with Crippen molar-refractivity contribution in [2.24, 2.45) is 0 Å². The fraction of sp³-hybridized carbons (Fsp3) is 0.375. The van der Waals surface area contributed by atoms with Crippen molar-refractivity contribution in [2.45, 2.75) is 32.2 Å². The van der Waals surface area contributed by atoms with Crippen LogP contribution in [0.25, 0.3) is 0 Å². The van der Waals surface area contributed by atoms with E-state index in [9.17, 15) is 4.79 Å². The van der Waals surface area contributed by atoms with Crippen LogP contribution in [0.2, 0.25) is 0 Å². The molecule has 0 amide bonds. The SMILES string of the molecule is CC(C)(c1ccccc1)c1nc2c(c(=O)[nH]1)CCNC2. The van der Waals surface area contributed by atoms with Gasteiger partial charge in [0.05, 0.1) is 5.69 Å². The highest BCUT2D eigenvalue weighted by molar-refractivity contribution is 5.32. The number of aromatic nitrogens is 2. The van der Waals surface area contributed by atoms with Gasteiger partial charge in [0.1, 0.15) is 5.82 Å². The van der Waals surface area contributed by atoms with E-state index < -0.39 is 0 Å². The Hall–Kier alpha value is -1.94. The van der Waals surface area contributed by atoms with Crippen LogP contribution in [0.4, 0.5) is 0 Å². The second-order valence-corrected chi connectivity index (χ2v) is 5.76. The third kappa shape index (κ3) is 2.16. The predicted octanol–water partition coefficient (Wildman–Crippen LogP) is 1.74. The van der Waals surface area contributed by atoms with Crippen LogP contribution in [-0.2, 0) is 18.4 Å². The van der Waals surface area contributed by atoms with Gasteiger partial charge in [0.25, 0.3) is 5.56 Å². The van der Waals surface area contributed by atoms with Gasteiger partial charge < -0.3 is 10.3 Å². The average Bonchev–Trinajstić information content (AvgIpc) is 2.48. The zero-order chi connectivity index (χ0) is 14.2. The Morgan fingerprint density at radius 1 is 1.20 bits per heavy atom. The van der Waals surface area contributed by atoms with Crippen molar-refractivity contribution in [1.82, 2.24) is 15.3 Å². The molecule has 0 fully saturated rings. The van der Waals surface area contributed by atoms with E-state index in [4.69, 9.17) is 4.98 Å². The molecule has 0 radical (unpaired) electrons. The number of benzene rings is 1. The van der Waals surface area contributed by atoms with Gasteiger partial charge in [-0.25, -0.2) is 4.98 Å². The topological polar surface area (TPSA) is 57.8 Å². The van der Waals surface area contributed by atoms with E-state index in [1.165, 1.54) is 0 Å². The first-order chi connectivity index (χ1) is 9.59. The van der Waals surface area contributed by atoms with Gasteiger partial charge in [-0.15, -0.1) is 0 Å². The Morgan fingerprint density at radius 3 is 2.70 bits per heavy atom. The average molecular weight is 269 g/mol. The second-order valence-electron chi connectivity index (χ2n) is 5.76. The molecule has 1 aliphatic rings. The number of aromatic amines is 1. The summed E-state index contributed by atoms with van der Waals surface area (Å²) in [5, 5.41) is 3.27. The minimum absolute atomic E-state index is 0.00973. The van der Waals surface area contributed by atoms with Gasteiger partial charge in [-0.05, 0) is 32.4 Å². The predicted molar refractivity (Wildman–Crippen MR) is 78.8 cm³/mol. The molecule has 2 N–H and O–H groups in total. The van der Waals surface area contributed by atoms with Crippen LogP contribution in [0.1, 0.15) is 36.5 Å². The molecule has 1 aromatic heterocycles. The van der Waals surface area contributed by atoms with Crippen LogP contribution in [0.3, 0.4) is 0 Å². The van der Waals surface area contributed by atoms with E-state index in [0.29, 0.717) is 6.54 Å². The lowest BCUT2D eigenvalue weighted by atomic mass is 9.83. The van der Waals surface area contributed by atoms with Gasteiger partial charge in [0.15, 0.2) is 0 Å². The van der Waals surface area contributed by atoms with Crippen molar-refractivity contribution in [3.05, 3.63) is 63.3 Å². The fourth-order valence-corrected chi connectivity index (χ4v) is 2.66. The lowest BCUT2D eigenvalue weighted by Gasteiger charge is -2.26. The van der Waals surface area contributed by atoms with Crippen LogP contribution >= 0.6 is 0 Å². The number of hydrogen-bond acceptors (Lipinski definition) is 3. The molecule has 0 bridgehead atoms. The molecule has 20 heavy (non-hydrogen) atoms. The lowest BCUT2D eigenvalue weighted by Crippen LogP contribution is -2.35. The van der Waals surface area contributed by atoms with Crippen molar-refractivity contribution in [3.8, 4) is 0 Å². The largest absolute Gasteiger partial charge is 0.311 e. The number of H-pyrrole nitrogens is 1. The molecule has 4 nitrogen and oxygen atoms in total. The number of rotatable bonds is 2. The molecule has 0 saturated heterocycles. The van der Waals surface area contributed by atoms with Crippen molar-refractivity contribution < 1.29 is 0 Å². The number of hydrogen-bond donors (Lipinski definition) is 2. The van der Waals surface area contributed by atoms with E-state index in [-0.39, 0.29) is 11.0 Å². The van der Waals surface area contributed by atoms with E-state index >= 15 is 0 Å². The Kier molecular flexibility index (Phi) is 3.18. The third-order valence-corrected chi connectivity index (χ3v) is 4.03. The first-order valence-electron chi connectivity index (χ1n) is 6.98. The number of nitrogens with zero attached hydrogens (tertiary/aromatic N) is 1. The van der Waals surface area contributed by atoms with Crippen LogP contribution in [-0.4, -0.2) is 16.5 Å². The summed E-state index contributed by atoms with van der Waals surface area (Å²) in [4.78, 5) is 19.9. The van der Waals surface area contributed by atoms with Crippen LogP contribution in [0.15, 0.2) is 35.1 Å². The van der Waals surface area contributed by atoms with Gasteiger partial charge >= 0.3 is 0 Å². The molecule has 4 heteroatoms. The Labute approximate surface area is 118 Å². The van der Waals surface area contributed by atoms with Gasteiger partial charge in [0.2, 0.25) is 0 Å². The molecule has 0 atom stereocenters. The Bertz CT molecular complexity index is 674. The Morgan fingerprint density at radius 2 is 1.95 bits per heavy atom. The summed E-state index contributed by atoms with van der Waals surface area (Å²) in [6.07, 6.45) is 0.754. The van der Waals surface area contributed by atoms with Crippen LogP contribution < -0.4 is 10.9 Å². The van der Waals surface area contributed by atoms with Crippen molar-refractivity contribution in [3.63, 3.8) is 0 Å². The summed E-state index contributed by atoms with van der Waals surface area (Å²) in [5.41, 5.74) is 2.56. The zero-order valence-electron chi connectivity index (χ0n) is 11.9. The fourth-order valence-electron chi connectivity index (χ4n) is 2.66. The summed E-state index contributed by atoms with van der Waals surface area (Å²) >= 11 is 0. The van der Waals surface area contributed by atoms with Crippen LogP contribution in [0, 0.1) is 0 Å². The first kappa shape index (κ1) is 13.1.